The number of nitriles is 1. The predicted molar refractivity (Wildman–Crippen MR) is 109 cm³/mol. The summed E-state index contributed by atoms with van der Waals surface area (Å²) in [5, 5.41) is 50.5. The van der Waals surface area contributed by atoms with Gasteiger partial charge in [-0.1, -0.05) is 23.4 Å². The summed E-state index contributed by atoms with van der Waals surface area (Å²) < 4.78 is 47.1. The number of nitrogens with one attached hydrogen (secondary N) is 1. The van der Waals surface area contributed by atoms with Crippen molar-refractivity contribution >= 4 is 23.4 Å². The molecule has 1 saturated heterocycles. The molecule has 0 amide bonds. The molecule has 1 aliphatic heterocycles. The Bertz CT molecular complexity index is 1180. The van der Waals surface area contributed by atoms with Crippen molar-refractivity contribution in [1.82, 2.24) is 20.0 Å². The zero-order valence-corrected chi connectivity index (χ0v) is 17.9. The summed E-state index contributed by atoms with van der Waals surface area (Å²) >= 11 is 6.86. The van der Waals surface area contributed by atoms with Crippen molar-refractivity contribution in [3.05, 3.63) is 52.6 Å². The standard InChI is InChI=1S/C19H15ClF3N5O4S/c20-8-3-14(26-25-11(8)4-24)33-19-18(31)16(17(30)13(6-29)32-19)28-5-12(27-28)7-1-9(21)15(23)10(22)2-7/h1-3,5,13,16-19,27,29-31H,6H2/t13?,16-,17-,18?,19+/m0/s1. The molecule has 2 aromatic heterocycles. The van der Waals surface area contributed by atoms with E-state index in [2.05, 4.69) is 15.3 Å². The number of aromatic amines is 1. The average Bonchev–Trinajstić information content (AvgIpc) is 2.75. The van der Waals surface area contributed by atoms with E-state index in [-0.39, 0.29) is 27.0 Å². The summed E-state index contributed by atoms with van der Waals surface area (Å²) in [4.78, 5) is 0. The molecule has 1 aliphatic rings. The minimum absolute atomic E-state index is 0.0193. The largest absolute Gasteiger partial charge is 0.394 e. The minimum atomic E-state index is -1.59. The topological polar surface area (TPSA) is 140 Å². The van der Waals surface area contributed by atoms with E-state index >= 15 is 0 Å². The predicted octanol–water partition coefficient (Wildman–Crippen LogP) is 1.99. The van der Waals surface area contributed by atoms with Crippen molar-refractivity contribution in [1.29, 1.82) is 5.26 Å². The van der Waals surface area contributed by atoms with Crippen LogP contribution in [0.4, 0.5) is 13.2 Å². The van der Waals surface area contributed by atoms with Gasteiger partial charge in [0.25, 0.3) is 0 Å². The molecule has 4 rings (SSSR count). The second-order valence-corrected chi connectivity index (χ2v) is 8.65. The van der Waals surface area contributed by atoms with E-state index in [1.54, 1.807) is 6.07 Å². The van der Waals surface area contributed by atoms with Crippen LogP contribution in [-0.2, 0) is 4.74 Å². The van der Waals surface area contributed by atoms with E-state index < -0.39 is 53.8 Å². The highest BCUT2D eigenvalue weighted by molar-refractivity contribution is 7.99. The number of hydrogen-bond donors (Lipinski definition) is 4. The van der Waals surface area contributed by atoms with E-state index in [1.165, 1.54) is 16.9 Å². The maximum atomic E-state index is 13.5. The molecule has 3 heterocycles. The summed E-state index contributed by atoms with van der Waals surface area (Å²) in [6, 6.07) is 3.68. The summed E-state index contributed by atoms with van der Waals surface area (Å²) in [6.07, 6.45) is -2.43. The minimum Gasteiger partial charge on any atom is -0.394 e. The molecular formula is C19H15ClF3N5O4S. The lowest BCUT2D eigenvalue weighted by molar-refractivity contribution is -0.179. The van der Waals surface area contributed by atoms with Gasteiger partial charge in [-0.15, -0.1) is 10.2 Å². The van der Waals surface area contributed by atoms with Gasteiger partial charge >= 0.3 is 0 Å². The molecule has 4 N–H and O–H groups in total. The van der Waals surface area contributed by atoms with Gasteiger partial charge in [-0.2, -0.15) is 5.26 Å². The van der Waals surface area contributed by atoms with Gasteiger partial charge in [0.1, 0.15) is 40.9 Å². The number of ether oxygens (including phenoxy) is 1. The Hall–Kier alpha value is -2.60. The molecule has 0 spiro atoms. The molecule has 1 fully saturated rings. The van der Waals surface area contributed by atoms with Gasteiger partial charge in [-0.25, -0.2) is 13.2 Å². The Kier molecular flexibility index (Phi) is 6.66. The van der Waals surface area contributed by atoms with Crippen LogP contribution in [0.25, 0.3) is 11.3 Å². The molecule has 0 bridgehead atoms. The van der Waals surface area contributed by atoms with Crippen LogP contribution in [0.15, 0.2) is 29.4 Å². The fourth-order valence-electron chi connectivity index (χ4n) is 3.38. The van der Waals surface area contributed by atoms with Crippen molar-refractivity contribution in [2.45, 2.75) is 34.8 Å². The summed E-state index contributed by atoms with van der Waals surface area (Å²) in [6.45, 7) is -0.569. The Balaban J connectivity index is 1.58. The molecule has 0 saturated carbocycles. The Morgan fingerprint density at radius 2 is 1.85 bits per heavy atom. The zero-order chi connectivity index (χ0) is 23.9. The van der Waals surface area contributed by atoms with E-state index in [0.717, 1.165) is 23.9 Å². The van der Waals surface area contributed by atoms with Crippen LogP contribution in [0.5, 0.6) is 0 Å². The fraction of sp³-hybridized carbons (Fsp3) is 0.316. The number of thioether (sulfide) groups is 1. The van der Waals surface area contributed by atoms with Crippen LogP contribution in [0.3, 0.4) is 0 Å². The highest BCUT2D eigenvalue weighted by Gasteiger charge is 2.46. The van der Waals surface area contributed by atoms with Gasteiger partial charge in [0.05, 0.1) is 17.3 Å². The van der Waals surface area contributed by atoms with Crippen LogP contribution in [0.2, 0.25) is 5.02 Å². The van der Waals surface area contributed by atoms with Gasteiger partial charge in [0.2, 0.25) is 0 Å². The highest BCUT2D eigenvalue weighted by Crippen LogP contribution is 2.39. The number of rotatable bonds is 5. The van der Waals surface area contributed by atoms with E-state index in [9.17, 15) is 28.5 Å². The molecule has 0 radical (unpaired) electrons. The lowest BCUT2D eigenvalue weighted by Gasteiger charge is -2.43. The lowest BCUT2D eigenvalue weighted by Crippen LogP contribution is -2.55. The molecule has 33 heavy (non-hydrogen) atoms. The van der Waals surface area contributed by atoms with Gasteiger partial charge in [-0.3, -0.25) is 9.78 Å². The number of aliphatic hydroxyl groups is 3. The van der Waals surface area contributed by atoms with Gasteiger partial charge in [0, 0.05) is 11.8 Å². The number of H-pyrrole nitrogens is 1. The van der Waals surface area contributed by atoms with Crippen molar-refractivity contribution in [2.75, 3.05) is 6.61 Å². The van der Waals surface area contributed by atoms with Crippen LogP contribution >= 0.6 is 23.4 Å². The Morgan fingerprint density at radius 1 is 1.18 bits per heavy atom. The third-order valence-corrected chi connectivity index (χ3v) is 6.40. The van der Waals surface area contributed by atoms with Gasteiger partial charge in [-0.05, 0) is 18.2 Å². The number of aromatic nitrogens is 4. The van der Waals surface area contributed by atoms with E-state index in [0.29, 0.717) is 0 Å². The monoisotopic (exact) mass is 501 g/mol. The molecule has 2 unspecified atom stereocenters. The SMILES string of the molecule is N#Cc1nnc(S[C@H]2OC(CO)[C@H](O)[C@H](n3cc(-c4cc(F)c(F)c(F)c4)[nH]3)C2O)cc1Cl. The molecule has 3 aromatic rings. The first-order valence-corrected chi connectivity index (χ1v) is 10.6. The van der Waals surface area contributed by atoms with Crippen LogP contribution in [0.1, 0.15) is 11.7 Å². The lowest BCUT2D eigenvalue weighted by atomic mass is 9.97. The first-order chi connectivity index (χ1) is 15.7. The van der Waals surface area contributed by atoms with E-state index in [4.69, 9.17) is 21.6 Å². The number of nitrogens with zero attached hydrogens (tertiary/aromatic N) is 4. The van der Waals surface area contributed by atoms with Crippen LogP contribution < -0.4 is 0 Å². The normalized spacial score (nSPS) is 25.2. The number of halogens is 4. The highest BCUT2D eigenvalue weighted by atomic mass is 35.5. The smallest absolute Gasteiger partial charge is 0.194 e. The second kappa shape index (κ2) is 9.34. The molecular weight excluding hydrogens is 487 g/mol. The Morgan fingerprint density at radius 3 is 2.42 bits per heavy atom. The maximum absolute atomic E-state index is 13.5. The van der Waals surface area contributed by atoms with Crippen molar-refractivity contribution in [2.24, 2.45) is 0 Å². The number of hydrogen-bond acceptors (Lipinski definition) is 8. The first kappa shape index (κ1) is 23.6. The summed E-state index contributed by atoms with van der Waals surface area (Å²) in [7, 11) is 0. The maximum Gasteiger partial charge on any atom is 0.194 e. The molecule has 14 heteroatoms. The number of aliphatic hydroxyl groups excluding tert-OH is 3. The first-order valence-electron chi connectivity index (χ1n) is 9.37. The third kappa shape index (κ3) is 4.45. The van der Waals surface area contributed by atoms with Crippen LogP contribution in [0, 0.1) is 28.8 Å². The van der Waals surface area contributed by atoms with Crippen molar-refractivity contribution < 1.29 is 33.2 Å². The molecule has 9 nitrogen and oxygen atoms in total. The fourth-order valence-corrected chi connectivity index (χ4v) is 4.64. The molecule has 1 aromatic carbocycles. The van der Waals surface area contributed by atoms with Gasteiger partial charge < -0.3 is 20.1 Å². The van der Waals surface area contributed by atoms with Crippen LogP contribution in [-0.4, -0.2) is 65.7 Å². The summed E-state index contributed by atoms with van der Waals surface area (Å²) in [5.74, 6) is -4.32. The molecule has 174 valence electrons. The Labute approximate surface area is 193 Å². The quantitative estimate of drug-likeness (QED) is 0.389. The molecule has 0 aliphatic carbocycles. The van der Waals surface area contributed by atoms with Crippen molar-refractivity contribution in [3.8, 4) is 17.3 Å². The number of benzene rings is 1. The zero-order valence-electron chi connectivity index (χ0n) is 16.4. The second-order valence-electron chi connectivity index (χ2n) is 7.12. The van der Waals surface area contributed by atoms with E-state index in [1.807, 2.05) is 0 Å². The average molecular weight is 502 g/mol. The summed E-state index contributed by atoms with van der Waals surface area (Å²) in [5.41, 5.74) is -0.878. The van der Waals surface area contributed by atoms with Gasteiger partial charge in [0.15, 0.2) is 23.1 Å². The third-order valence-electron chi connectivity index (χ3n) is 5.05. The molecule has 5 atom stereocenters. The van der Waals surface area contributed by atoms with Crippen molar-refractivity contribution in [3.63, 3.8) is 0 Å².